The molecule has 33 heavy (non-hydrogen) atoms. The summed E-state index contributed by atoms with van der Waals surface area (Å²) in [6, 6.07) is 0. The van der Waals surface area contributed by atoms with E-state index in [4.69, 9.17) is 4.74 Å². The van der Waals surface area contributed by atoms with Gasteiger partial charge in [0.05, 0.1) is 0 Å². The third-order valence-electron chi connectivity index (χ3n) is 11.6. The standard InChI is InChI=1S/C31H52O2/c1-8-23(20(2)3)10-9-21(4)27-13-14-28-26-12-11-24-19-25(33-22(5)32)15-17-30(24,6)29(26)16-18-31(27,28)7/h11,20-21,23,25-29H,8-10,12-19H2,1-7H3/t21-,23?,25+,26+,27-,28+,29+,30+,31-/m1/s1. The van der Waals surface area contributed by atoms with Gasteiger partial charge in [0.15, 0.2) is 0 Å². The van der Waals surface area contributed by atoms with Gasteiger partial charge in [0.1, 0.15) is 6.10 Å². The molecule has 0 bridgehead atoms. The summed E-state index contributed by atoms with van der Waals surface area (Å²) in [6.07, 6.45) is 17.2. The van der Waals surface area contributed by atoms with E-state index >= 15 is 0 Å². The zero-order chi connectivity index (χ0) is 24.0. The van der Waals surface area contributed by atoms with Gasteiger partial charge >= 0.3 is 5.97 Å². The molecule has 188 valence electrons. The van der Waals surface area contributed by atoms with Crippen LogP contribution in [0, 0.1) is 52.3 Å². The molecule has 0 heterocycles. The van der Waals surface area contributed by atoms with Gasteiger partial charge in [-0.25, -0.2) is 0 Å². The third-order valence-corrected chi connectivity index (χ3v) is 11.6. The lowest BCUT2D eigenvalue weighted by molar-refractivity contribution is -0.148. The molecule has 3 fully saturated rings. The maximum atomic E-state index is 11.5. The van der Waals surface area contributed by atoms with Crippen LogP contribution >= 0.6 is 0 Å². The molecule has 4 aliphatic carbocycles. The predicted octanol–water partition coefficient (Wildman–Crippen LogP) is 8.60. The Labute approximate surface area is 204 Å². The van der Waals surface area contributed by atoms with Gasteiger partial charge in [0.25, 0.3) is 0 Å². The minimum absolute atomic E-state index is 0.113. The Morgan fingerprint density at radius 1 is 1.06 bits per heavy atom. The van der Waals surface area contributed by atoms with Crippen LogP contribution < -0.4 is 0 Å². The topological polar surface area (TPSA) is 26.3 Å². The Kier molecular flexibility index (Phi) is 7.43. The molecule has 0 aliphatic heterocycles. The molecule has 0 spiro atoms. The molecule has 0 aromatic carbocycles. The fourth-order valence-corrected chi connectivity index (χ4v) is 9.63. The maximum Gasteiger partial charge on any atom is 0.302 e. The molecule has 0 saturated heterocycles. The van der Waals surface area contributed by atoms with Crippen LogP contribution in [0.15, 0.2) is 11.6 Å². The van der Waals surface area contributed by atoms with Crippen molar-refractivity contribution in [3.63, 3.8) is 0 Å². The van der Waals surface area contributed by atoms with E-state index in [-0.39, 0.29) is 12.1 Å². The highest BCUT2D eigenvalue weighted by atomic mass is 16.5. The van der Waals surface area contributed by atoms with E-state index in [1.807, 2.05) is 0 Å². The lowest BCUT2D eigenvalue weighted by atomic mass is 9.47. The molecule has 4 aliphatic rings. The predicted molar refractivity (Wildman–Crippen MR) is 138 cm³/mol. The third kappa shape index (κ3) is 4.58. The minimum Gasteiger partial charge on any atom is -0.462 e. The summed E-state index contributed by atoms with van der Waals surface area (Å²) >= 11 is 0. The van der Waals surface area contributed by atoms with E-state index in [1.54, 1.807) is 12.5 Å². The van der Waals surface area contributed by atoms with E-state index in [0.717, 1.165) is 54.3 Å². The zero-order valence-corrected chi connectivity index (χ0v) is 22.8. The molecule has 2 nitrogen and oxygen atoms in total. The smallest absolute Gasteiger partial charge is 0.302 e. The Morgan fingerprint density at radius 3 is 2.48 bits per heavy atom. The van der Waals surface area contributed by atoms with Crippen molar-refractivity contribution in [2.75, 3.05) is 0 Å². The SMILES string of the molecule is CCC(CC[C@@H](C)[C@H]1CC[C@H]2[C@@H]3CC=C4C[C@@H](OC(C)=O)CC[C@]4(C)[C@H]3CC[C@]12C)C(C)C. The van der Waals surface area contributed by atoms with Crippen LogP contribution in [0.1, 0.15) is 119 Å². The lowest BCUT2D eigenvalue weighted by Gasteiger charge is -2.58. The van der Waals surface area contributed by atoms with Crippen molar-refractivity contribution in [1.82, 2.24) is 0 Å². The summed E-state index contributed by atoms with van der Waals surface area (Å²) in [7, 11) is 0. The van der Waals surface area contributed by atoms with E-state index < -0.39 is 0 Å². The van der Waals surface area contributed by atoms with Crippen molar-refractivity contribution in [1.29, 1.82) is 0 Å². The molecule has 1 unspecified atom stereocenters. The number of ether oxygens (including phenoxy) is 1. The van der Waals surface area contributed by atoms with E-state index in [1.165, 1.54) is 57.8 Å². The number of hydrogen-bond acceptors (Lipinski definition) is 2. The second kappa shape index (κ2) is 9.69. The fourth-order valence-electron chi connectivity index (χ4n) is 9.63. The van der Waals surface area contributed by atoms with E-state index in [9.17, 15) is 4.79 Å². The van der Waals surface area contributed by atoms with Crippen LogP contribution in [-0.2, 0) is 9.53 Å². The lowest BCUT2D eigenvalue weighted by Crippen LogP contribution is -2.51. The highest BCUT2D eigenvalue weighted by molar-refractivity contribution is 5.66. The van der Waals surface area contributed by atoms with Crippen molar-refractivity contribution < 1.29 is 9.53 Å². The molecule has 2 heteroatoms. The van der Waals surface area contributed by atoms with Gasteiger partial charge in [-0.05, 0) is 104 Å². The van der Waals surface area contributed by atoms with E-state index in [0.29, 0.717) is 10.8 Å². The molecule has 0 N–H and O–H groups in total. The van der Waals surface area contributed by atoms with E-state index in [2.05, 4.69) is 47.6 Å². The monoisotopic (exact) mass is 456 g/mol. The largest absolute Gasteiger partial charge is 0.462 e. The van der Waals surface area contributed by atoms with Crippen LogP contribution in [0.2, 0.25) is 0 Å². The molecular weight excluding hydrogens is 404 g/mol. The number of hydrogen-bond donors (Lipinski definition) is 0. The average molecular weight is 457 g/mol. The second-order valence-corrected chi connectivity index (χ2v) is 13.4. The van der Waals surface area contributed by atoms with Crippen LogP contribution in [0.25, 0.3) is 0 Å². The molecule has 0 aromatic heterocycles. The highest BCUT2D eigenvalue weighted by Gasteiger charge is 2.59. The minimum atomic E-state index is -0.115. The van der Waals surface area contributed by atoms with Gasteiger partial charge in [-0.2, -0.15) is 0 Å². The average Bonchev–Trinajstić information content (AvgIpc) is 3.11. The number of carbonyl (C=O) groups excluding carboxylic acids is 1. The molecule has 0 aromatic rings. The normalized spacial score (nSPS) is 42.1. The van der Waals surface area contributed by atoms with Crippen molar-refractivity contribution in [3.8, 4) is 0 Å². The Hall–Kier alpha value is -0.790. The highest BCUT2D eigenvalue weighted by Crippen LogP contribution is 2.67. The number of rotatable bonds is 7. The van der Waals surface area contributed by atoms with Crippen LogP contribution in [0.3, 0.4) is 0 Å². The molecule has 0 amide bonds. The first-order valence-electron chi connectivity index (χ1n) is 14.5. The molecule has 4 rings (SSSR count). The first-order chi connectivity index (χ1) is 15.6. The Morgan fingerprint density at radius 2 is 1.82 bits per heavy atom. The van der Waals surface area contributed by atoms with Crippen LogP contribution in [0.5, 0.6) is 0 Å². The number of fused-ring (bicyclic) bond motifs is 5. The molecule has 0 radical (unpaired) electrons. The fraction of sp³-hybridized carbons (Fsp3) is 0.903. The van der Waals surface area contributed by atoms with Gasteiger partial charge < -0.3 is 4.74 Å². The van der Waals surface area contributed by atoms with Gasteiger partial charge in [-0.1, -0.05) is 66.0 Å². The van der Waals surface area contributed by atoms with Crippen molar-refractivity contribution in [3.05, 3.63) is 11.6 Å². The summed E-state index contributed by atoms with van der Waals surface area (Å²) in [5, 5.41) is 0. The number of esters is 1. The quantitative estimate of drug-likeness (QED) is 0.283. The maximum absolute atomic E-state index is 11.5. The molecular formula is C31H52O2. The number of carbonyl (C=O) groups is 1. The van der Waals surface area contributed by atoms with Gasteiger partial charge in [-0.15, -0.1) is 0 Å². The summed E-state index contributed by atoms with van der Waals surface area (Å²) < 4.78 is 5.63. The van der Waals surface area contributed by atoms with Crippen molar-refractivity contribution >= 4 is 5.97 Å². The molecule has 9 atom stereocenters. The first kappa shape index (κ1) is 25.3. The second-order valence-electron chi connectivity index (χ2n) is 13.4. The van der Waals surface area contributed by atoms with Gasteiger partial charge in [0.2, 0.25) is 0 Å². The van der Waals surface area contributed by atoms with Gasteiger partial charge in [0, 0.05) is 13.3 Å². The number of allylic oxidation sites excluding steroid dienone is 1. The zero-order valence-electron chi connectivity index (χ0n) is 22.8. The van der Waals surface area contributed by atoms with Gasteiger partial charge in [-0.3, -0.25) is 4.79 Å². The van der Waals surface area contributed by atoms with Crippen LogP contribution in [0.4, 0.5) is 0 Å². The van der Waals surface area contributed by atoms with Crippen LogP contribution in [-0.4, -0.2) is 12.1 Å². The Bertz CT molecular complexity index is 737. The summed E-state index contributed by atoms with van der Waals surface area (Å²) in [6.45, 7) is 16.6. The Balaban J connectivity index is 1.46. The summed E-state index contributed by atoms with van der Waals surface area (Å²) in [5.74, 6) is 6.03. The first-order valence-corrected chi connectivity index (χ1v) is 14.5. The summed E-state index contributed by atoms with van der Waals surface area (Å²) in [4.78, 5) is 11.5. The molecule has 3 saturated carbocycles. The van der Waals surface area contributed by atoms with Crippen molar-refractivity contribution in [2.24, 2.45) is 52.3 Å². The summed E-state index contributed by atoms with van der Waals surface area (Å²) in [5.41, 5.74) is 2.51. The van der Waals surface area contributed by atoms with Crippen molar-refractivity contribution in [2.45, 2.75) is 125 Å².